The zero-order chi connectivity index (χ0) is 23.4. The van der Waals surface area contributed by atoms with Crippen LogP contribution in [0.15, 0.2) is 84.9 Å². The summed E-state index contributed by atoms with van der Waals surface area (Å²) in [6.45, 7) is 3.95. The number of benzene rings is 3. The Morgan fingerprint density at radius 2 is 1.29 bits per heavy atom. The number of likely N-dealkylation sites (tertiary alicyclic amines) is 1. The van der Waals surface area contributed by atoms with Crippen LogP contribution >= 0.6 is 12.2 Å². The summed E-state index contributed by atoms with van der Waals surface area (Å²) in [5.41, 5.74) is 3.22. The second-order valence-corrected chi connectivity index (χ2v) is 9.82. The van der Waals surface area contributed by atoms with Crippen molar-refractivity contribution >= 4 is 28.7 Å². The van der Waals surface area contributed by atoms with Crippen LogP contribution in [0.4, 0.5) is 11.4 Å². The lowest BCUT2D eigenvalue weighted by molar-refractivity contribution is -0.00631. The molecule has 0 radical (unpaired) electrons. The molecule has 0 atom stereocenters. The first-order chi connectivity index (χ1) is 16.6. The van der Waals surface area contributed by atoms with E-state index < -0.39 is 5.60 Å². The molecule has 0 bridgehead atoms. The zero-order valence-corrected chi connectivity index (χ0v) is 20.4. The first kappa shape index (κ1) is 22.9. The highest BCUT2D eigenvalue weighted by atomic mass is 32.1. The van der Waals surface area contributed by atoms with Crippen molar-refractivity contribution < 1.29 is 5.11 Å². The highest BCUT2D eigenvalue weighted by Gasteiger charge is 2.41. The number of thiocarbonyl (C=S) groups is 1. The molecule has 0 unspecified atom stereocenters. The number of rotatable bonds is 5. The summed E-state index contributed by atoms with van der Waals surface area (Å²) in [5.74, 6) is 0.121. The van der Waals surface area contributed by atoms with Crippen LogP contribution in [0, 0.1) is 5.92 Å². The molecule has 0 aromatic heterocycles. The minimum Gasteiger partial charge on any atom is -0.380 e. The van der Waals surface area contributed by atoms with E-state index in [1.165, 1.54) is 18.5 Å². The third-order valence-electron chi connectivity index (χ3n) is 7.39. The second kappa shape index (κ2) is 10.2. The Labute approximate surface area is 208 Å². The molecule has 0 saturated carbocycles. The largest absolute Gasteiger partial charge is 0.380 e. The lowest BCUT2D eigenvalue weighted by Crippen LogP contribution is -2.47. The fourth-order valence-electron chi connectivity index (χ4n) is 5.46. The summed E-state index contributed by atoms with van der Waals surface area (Å²) < 4.78 is 0. The van der Waals surface area contributed by atoms with Crippen LogP contribution in [-0.2, 0) is 5.60 Å². The Morgan fingerprint density at radius 3 is 1.82 bits per heavy atom. The highest BCUT2D eigenvalue weighted by molar-refractivity contribution is 7.80. The van der Waals surface area contributed by atoms with E-state index in [9.17, 15) is 5.11 Å². The highest BCUT2D eigenvalue weighted by Crippen LogP contribution is 2.42. The summed E-state index contributed by atoms with van der Waals surface area (Å²) in [5, 5.41) is 16.3. The van der Waals surface area contributed by atoms with Gasteiger partial charge in [0.25, 0.3) is 0 Å². The van der Waals surface area contributed by atoms with Crippen molar-refractivity contribution in [1.29, 1.82) is 0 Å². The third kappa shape index (κ3) is 4.68. The van der Waals surface area contributed by atoms with Crippen LogP contribution in [0.2, 0.25) is 0 Å². The topological polar surface area (TPSA) is 38.7 Å². The number of hydrogen-bond acceptors (Lipinski definition) is 3. The number of anilines is 2. The first-order valence-corrected chi connectivity index (χ1v) is 12.8. The Hall–Kier alpha value is -2.89. The standard InChI is InChI=1S/C29H33N3OS/c33-29(23-9-3-1-4-10-23,24-11-5-2-6-12-24)25-17-21-32(22-18-25)28(34)30-26-13-15-27(16-14-26)31-19-7-8-20-31/h1-6,9-16,25,33H,7-8,17-22H2,(H,30,34). The van der Waals surface area contributed by atoms with E-state index in [0.717, 1.165) is 60.9 Å². The molecule has 4 nitrogen and oxygen atoms in total. The summed E-state index contributed by atoms with van der Waals surface area (Å²) >= 11 is 5.76. The average molecular weight is 472 g/mol. The smallest absolute Gasteiger partial charge is 0.173 e. The zero-order valence-electron chi connectivity index (χ0n) is 19.6. The Morgan fingerprint density at radius 1 is 0.765 bits per heavy atom. The van der Waals surface area contributed by atoms with Crippen molar-refractivity contribution in [3.05, 3.63) is 96.1 Å². The average Bonchev–Trinajstić information content (AvgIpc) is 3.45. The van der Waals surface area contributed by atoms with Crippen LogP contribution in [-0.4, -0.2) is 41.3 Å². The maximum absolute atomic E-state index is 12.1. The molecule has 2 aliphatic rings. The van der Waals surface area contributed by atoms with Crippen molar-refractivity contribution in [2.75, 3.05) is 36.4 Å². The van der Waals surface area contributed by atoms with Gasteiger partial charge in [0.2, 0.25) is 0 Å². The molecule has 0 spiro atoms. The third-order valence-corrected chi connectivity index (χ3v) is 7.75. The molecule has 3 aromatic rings. The molecule has 3 aromatic carbocycles. The van der Waals surface area contributed by atoms with Crippen LogP contribution in [0.25, 0.3) is 0 Å². The SMILES string of the molecule is OC(c1ccccc1)(c1ccccc1)C1CCN(C(=S)Nc2ccc(N3CCCC3)cc2)CC1. The van der Waals surface area contributed by atoms with Gasteiger partial charge in [-0.15, -0.1) is 0 Å². The molecule has 2 saturated heterocycles. The van der Waals surface area contributed by atoms with Gasteiger partial charge in [0.15, 0.2) is 5.11 Å². The number of nitrogens with zero attached hydrogens (tertiary/aromatic N) is 2. The van der Waals surface area contributed by atoms with Gasteiger partial charge in [-0.05, 0) is 79.2 Å². The van der Waals surface area contributed by atoms with E-state index in [-0.39, 0.29) is 5.92 Å². The fraction of sp³-hybridized carbons (Fsp3) is 0.345. The molecule has 0 aliphatic carbocycles. The molecule has 0 amide bonds. The molecule has 5 heteroatoms. The lowest BCUT2D eigenvalue weighted by Gasteiger charge is -2.43. The summed E-state index contributed by atoms with van der Waals surface area (Å²) in [7, 11) is 0. The minimum absolute atomic E-state index is 0.121. The van der Waals surface area contributed by atoms with Gasteiger partial charge in [-0.3, -0.25) is 0 Å². The minimum atomic E-state index is -1.00. The quantitative estimate of drug-likeness (QED) is 0.472. The van der Waals surface area contributed by atoms with Crippen LogP contribution < -0.4 is 10.2 Å². The van der Waals surface area contributed by atoms with Gasteiger partial charge in [-0.25, -0.2) is 0 Å². The summed E-state index contributed by atoms with van der Waals surface area (Å²) in [6.07, 6.45) is 4.30. The van der Waals surface area contributed by atoms with Crippen LogP contribution in [0.5, 0.6) is 0 Å². The normalized spacial score (nSPS) is 17.1. The number of hydrogen-bond donors (Lipinski definition) is 2. The molecular weight excluding hydrogens is 438 g/mol. The van der Waals surface area contributed by atoms with Gasteiger partial charge in [-0.1, -0.05) is 60.7 Å². The molecule has 2 fully saturated rings. The van der Waals surface area contributed by atoms with Crippen LogP contribution in [0.3, 0.4) is 0 Å². The molecule has 34 heavy (non-hydrogen) atoms. The van der Waals surface area contributed by atoms with E-state index in [1.807, 2.05) is 60.7 Å². The first-order valence-electron chi connectivity index (χ1n) is 12.4. The van der Waals surface area contributed by atoms with Gasteiger partial charge >= 0.3 is 0 Å². The van der Waals surface area contributed by atoms with Gasteiger partial charge in [0.05, 0.1) is 0 Å². The second-order valence-electron chi connectivity index (χ2n) is 9.43. The predicted molar refractivity (Wildman–Crippen MR) is 144 cm³/mol. The maximum atomic E-state index is 12.1. The Bertz CT molecular complexity index is 1030. The van der Waals surface area contributed by atoms with Gasteiger partial charge < -0.3 is 20.2 Å². The van der Waals surface area contributed by atoms with Crippen molar-refractivity contribution in [3.8, 4) is 0 Å². The van der Waals surface area contributed by atoms with Crippen molar-refractivity contribution in [3.63, 3.8) is 0 Å². The summed E-state index contributed by atoms with van der Waals surface area (Å²) in [6, 6.07) is 28.8. The fourth-order valence-corrected chi connectivity index (χ4v) is 5.76. The molecule has 2 N–H and O–H groups in total. The van der Waals surface area contributed by atoms with Crippen molar-refractivity contribution in [1.82, 2.24) is 4.90 Å². The summed E-state index contributed by atoms with van der Waals surface area (Å²) in [4.78, 5) is 4.67. The molecule has 5 rings (SSSR count). The van der Waals surface area contributed by atoms with E-state index >= 15 is 0 Å². The molecular formula is C29H33N3OS. The Kier molecular flexibility index (Phi) is 6.84. The molecule has 2 heterocycles. The van der Waals surface area contributed by atoms with E-state index in [0.29, 0.717) is 0 Å². The van der Waals surface area contributed by atoms with E-state index in [2.05, 4.69) is 39.4 Å². The van der Waals surface area contributed by atoms with Gasteiger partial charge in [-0.2, -0.15) is 0 Å². The lowest BCUT2D eigenvalue weighted by atomic mass is 9.72. The number of nitrogens with one attached hydrogen (secondary N) is 1. The monoisotopic (exact) mass is 471 g/mol. The van der Waals surface area contributed by atoms with Gasteiger partial charge in [0, 0.05) is 37.6 Å². The van der Waals surface area contributed by atoms with Gasteiger partial charge in [0.1, 0.15) is 5.60 Å². The number of piperidine rings is 1. The number of aliphatic hydroxyl groups is 1. The Balaban J connectivity index is 1.24. The molecule has 176 valence electrons. The van der Waals surface area contributed by atoms with E-state index in [1.54, 1.807) is 0 Å². The van der Waals surface area contributed by atoms with Crippen molar-refractivity contribution in [2.24, 2.45) is 5.92 Å². The van der Waals surface area contributed by atoms with Crippen molar-refractivity contribution in [2.45, 2.75) is 31.3 Å². The van der Waals surface area contributed by atoms with E-state index in [4.69, 9.17) is 12.2 Å². The van der Waals surface area contributed by atoms with Crippen LogP contribution in [0.1, 0.15) is 36.8 Å². The molecule has 2 aliphatic heterocycles. The predicted octanol–water partition coefficient (Wildman–Crippen LogP) is 5.63. The maximum Gasteiger partial charge on any atom is 0.173 e.